The molecule has 4 rings (SSSR count). The normalized spacial score (nSPS) is 11.6. The Balaban J connectivity index is 1.67. The van der Waals surface area contributed by atoms with E-state index in [1.807, 2.05) is 67.7 Å². The summed E-state index contributed by atoms with van der Waals surface area (Å²) in [5, 5.41) is 0.936. The van der Waals surface area contributed by atoms with Crippen molar-refractivity contribution in [3.8, 4) is 11.1 Å². The maximum absolute atomic E-state index is 13.0. The SMILES string of the molecule is Cc1c(CC(=O)c2ccc(C(C)(C)C)cc2)cccc1-c1ccc(C(N)=O)c2[nH]ccc12. The van der Waals surface area contributed by atoms with Gasteiger partial charge in [0.1, 0.15) is 0 Å². The summed E-state index contributed by atoms with van der Waals surface area (Å²) >= 11 is 0. The van der Waals surface area contributed by atoms with E-state index < -0.39 is 5.91 Å². The predicted octanol–water partition coefficient (Wildman–Crippen LogP) is 5.97. The molecular weight excluding hydrogens is 396 g/mol. The van der Waals surface area contributed by atoms with Gasteiger partial charge in [-0.15, -0.1) is 0 Å². The van der Waals surface area contributed by atoms with Gasteiger partial charge in [0.15, 0.2) is 5.78 Å². The summed E-state index contributed by atoms with van der Waals surface area (Å²) in [5.74, 6) is -0.362. The molecule has 0 aliphatic rings. The number of carbonyl (C=O) groups is 2. The molecule has 0 saturated carbocycles. The molecule has 0 spiro atoms. The van der Waals surface area contributed by atoms with Crippen LogP contribution >= 0.6 is 0 Å². The lowest BCUT2D eigenvalue weighted by Crippen LogP contribution is -2.12. The van der Waals surface area contributed by atoms with E-state index in [0.29, 0.717) is 12.0 Å². The molecule has 1 heterocycles. The van der Waals surface area contributed by atoms with Gasteiger partial charge in [-0.2, -0.15) is 0 Å². The number of aromatic nitrogens is 1. The number of hydrogen-bond donors (Lipinski definition) is 2. The van der Waals surface area contributed by atoms with Gasteiger partial charge in [-0.3, -0.25) is 9.59 Å². The maximum Gasteiger partial charge on any atom is 0.250 e. The Morgan fingerprint density at radius 3 is 2.28 bits per heavy atom. The van der Waals surface area contributed by atoms with Crippen molar-refractivity contribution in [1.82, 2.24) is 4.98 Å². The fourth-order valence-corrected chi connectivity index (χ4v) is 4.19. The van der Waals surface area contributed by atoms with Gasteiger partial charge in [0.25, 0.3) is 5.91 Å². The van der Waals surface area contributed by atoms with Crippen molar-refractivity contribution < 1.29 is 9.59 Å². The number of hydrogen-bond acceptors (Lipinski definition) is 2. The molecule has 3 N–H and O–H groups in total. The van der Waals surface area contributed by atoms with Crippen LogP contribution in [0.1, 0.15) is 58.2 Å². The van der Waals surface area contributed by atoms with Crippen molar-refractivity contribution in [3.05, 3.63) is 94.7 Å². The van der Waals surface area contributed by atoms with E-state index in [-0.39, 0.29) is 11.2 Å². The zero-order chi connectivity index (χ0) is 23.0. The molecule has 3 aromatic carbocycles. The van der Waals surface area contributed by atoms with E-state index in [2.05, 4.69) is 25.8 Å². The molecule has 0 radical (unpaired) electrons. The molecular formula is C28H28N2O2. The summed E-state index contributed by atoms with van der Waals surface area (Å²) in [6.45, 7) is 8.53. The number of H-pyrrole nitrogens is 1. The minimum Gasteiger partial charge on any atom is -0.366 e. The predicted molar refractivity (Wildman–Crippen MR) is 130 cm³/mol. The van der Waals surface area contributed by atoms with Gasteiger partial charge < -0.3 is 10.7 Å². The monoisotopic (exact) mass is 424 g/mol. The third-order valence-corrected chi connectivity index (χ3v) is 6.15. The third-order valence-electron chi connectivity index (χ3n) is 6.15. The first-order valence-corrected chi connectivity index (χ1v) is 10.8. The fraction of sp³-hybridized carbons (Fsp3) is 0.214. The molecule has 0 aliphatic carbocycles. The van der Waals surface area contributed by atoms with Crippen LogP contribution in [-0.2, 0) is 11.8 Å². The van der Waals surface area contributed by atoms with Crippen LogP contribution in [-0.4, -0.2) is 16.7 Å². The largest absolute Gasteiger partial charge is 0.366 e. The third kappa shape index (κ3) is 3.96. The first-order chi connectivity index (χ1) is 15.2. The van der Waals surface area contributed by atoms with Crippen LogP contribution < -0.4 is 5.73 Å². The first-order valence-electron chi connectivity index (χ1n) is 10.8. The highest BCUT2D eigenvalue weighted by molar-refractivity contribution is 6.09. The average Bonchev–Trinajstić information content (AvgIpc) is 3.24. The van der Waals surface area contributed by atoms with Gasteiger partial charge in [0.2, 0.25) is 0 Å². The van der Waals surface area contributed by atoms with Crippen molar-refractivity contribution in [3.63, 3.8) is 0 Å². The highest BCUT2D eigenvalue weighted by Crippen LogP contribution is 2.34. The number of fused-ring (bicyclic) bond motifs is 1. The number of rotatable bonds is 5. The second kappa shape index (κ2) is 8.12. The Labute approximate surface area is 188 Å². The number of nitrogens with one attached hydrogen (secondary N) is 1. The van der Waals surface area contributed by atoms with Crippen LogP contribution in [0.5, 0.6) is 0 Å². The average molecular weight is 425 g/mol. The van der Waals surface area contributed by atoms with E-state index in [4.69, 9.17) is 5.73 Å². The maximum atomic E-state index is 13.0. The van der Waals surface area contributed by atoms with Crippen LogP contribution in [0.25, 0.3) is 22.0 Å². The molecule has 0 aliphatic heterocycles. The molecule has 0 atom stereocenters. The molecule has 0 bridgehead atoms. The number of ketones is 1. The van der Waals surface area contributed by atoms with Crippen molar-refractivity contribution in [2.45, 2.75) is 39.5 Å². The van der Waals surface area contributed by atoms with E-state index in [1.54, 1.807) is 6.07 Å². The Bertz CT molecular complexity index is 1320. The minimum atomic E-state index is -0.461. The summed E-state index contributed by atoms with van der Waals surface area (Å²) in [7, 11) is 0. The Morgan fingerprint density at radius 1 is 0.906 bits per heavy atom. The minimum absolute atomic E-state index is 0.0557. The van der Waals surface area contributed by atoms with Gasteiger partial charge >= 0.3 is 0 Å². The quantitative estimate of drug-likeness (QED) is 0.388. The summed E-state index contributed by atoms with van der Waals surface area (Å²) in [5.41, 5.74) is 12.8. The second-order valence-corrected chi connectivity index (χ2v) is 9.31. The number of amides is 1. The molecule has 1 aromatic heterocycles. The zero-order valence-corrected chi connectivity index (χ0v) is 19.0. The van der Waals surface area contributed by atoms with Gasteiger partial charge in [-0.1, -0.05) is 69.3 Å². The molecule has 4 aromatic rings. The molecule has 1 amide bonds. The van der Waals surface area contributed by atoms with Crippen LogP contribution in [0.4, 0.5) is 0 Å². The fourth-order valence-electron chi connectivity index (χ4n) is 4.19. The molecule has 0 fully saturated rings. The number of aromatic amines is 1. The van der Waals surface area contributed by atoms with Crippen LogP contribution in [0.15, 0.2) is 66.9 Å². The highest BCUT2D eigenvalue weighted by Gasteiger charge is 2.17. The van der Waals surface area contributed by atoms with E-state index >= 15 is 0 Å². The topological polar surface area (TPSA) is 76.0 Å². The van der Waals surface area contributed by atoms with E-state index in [0.717, 1.165) is 38.7 Å². The molecule has 4 heteroatoms. The Morgan fingerprint density at radius 2 is 1.62 bits per heavy atom. The summed E-state index contributed by atoms with van der Waals surface area (Å²) < 4.78 is 0. The standard InChI is InChI=1S/C28H28N2O2/c1-17-19(16-25(31)18-8-10-20(11-9-18)28(2,3)4)6-5-7-21(17)22-12-13-24(27(29)32)26-23(22)14-15-30-26/h5-15,30H,16H2,1-4H3,(H2,29,32). The number of benzene rings is 3. The number of primary amides is 1. The van der Waals surface area contributed by atoms with Crippen LogP contribution in [0.3, 0.4) is 0 Å². The number of Topliss-reactive ketones (excluding diaryl/α,β-unsaturated/α-hetero) is 1. The van der Waals surface area contributed by atoms with Gasteiger partial charge in [-0.05, 0) is 52.3 Å². The number of carbonyl (C=O) groups excluding carboxylic acids is 2. The van der Waals surface area contributed by atoms with Crippen molar-refractivity contribution in [1.29, 1.82) is 0 Å². The van der Waals surface area contributed by atoms with Crippen molar-refractivity contribution >= 4 is 22.6 Å². The molecule has 0 saturated heterocycles. The van der Waals surface area contributed by atoms with E-state index in [1.165, 1.54) is 5.56 Å². The van der Waals surface area contributed by atoms with Crippen LogP contribution in [0, 0.1) is 6.92 Å². The van der Waals surface area contributed by atoms with Gasteiger partial charge in [0, 0.05) is 23.6 Å². The van der Waals surface area contributed by atoms with Gasteiger partial charge in [0.05, 0.1) is 11.1 Å². The molecule has 4 nitrogen and oxygen atoms in total. The van der Waals surface area contributed by atoms with Crippen molar-refractivity contribution in [2.75, 3.05) is 0 Å². The lowest BCUT2D eigenvalue weighted by Gasteiger charge is -2.19. The highest BCUT2D eigenvalue weighted by atomic mass is 16.1. The summed E-state index contributed by atoms with van der Waals surface area (Å²) in [6, 6.07) is 19.6. The van der Waals surface area contributed by atoms with Crippen molar-refractivity contribution in [2.24, 2.45) is 5.73 Å². The lowest BCUT2D eigenvalue weighted by molar-refractivity contribution is 0.0987. The summed E-state index contributed by atoms with van der Waals surface area (Å²) in [6.07, 6.45) is 2.15. The number of nitrogens with two attached hydrogens (primary N) is 1. The van der Waals surface area contributed by atoms with Gasteiger partial charge in [-0.25, -0.2) is 0 Å². The van der Waals surface area contributed by atoms with E-state index in [9.17, 15) is 9.59 Å². The molecule has 162 valence electrons. The lowest BCUT2D eigenvalue weighted by atomic mass is 9.86. The zero-order valence-electron chi connectivity index (χ0n) is 19.0. The Hall–Kier alpha value is -3.66. The Kier molecular flexibility index (Phi) is 5.47. The molecule has 32 heavy (non-hydrogen) atoms. The summed E-state index contributed by atoms with van der Waals surface area (Å²) in [4.78, 5) is 27.9. The smallest absolute Gasteiger partial charge is 0.250 e. The molecule has 0 unspecified atom stereocenters. The van der Waals surface area contributed by atoms with Crippen LogP contribution in [0.2, 0.25) is 0 Å². The second-order valence-electron chi connectivity index (χ2n) is 9.31. The first kappa shape index (κ1) is 21.6.